The molecular formula is C17H22N2O3. The monoisotopic (exact) mass is 302 g/mol. The van der Waals surface area contributed by atoms with Crippen LogP contribution in [0.25, 0.3) is 0 Å². The topological polar surface area (TPSA) is 56.5 Å². The van der Waals surface area contributed by atoms with Gasteiger partial charge in [-0.1, -0.05) is 19.9 Å². The molecule has 0 saturated heterocycles. The average Bonchev–Trinajstić information content (AvgIpc) is 3.01. The molecule has 0 spiro atoms. The van der Waals surface area contributed by atoms with Gasteiger partial charge in [0.05, 0.1) is 5.69 Å². The van der Waals surface area contributed by atoms with Crippen LogP contribution in [0.2, 0.25) is 0 Å². The van der Waals surface area contributed by atoms with Crippen LogP contribution in [0.3, 0.4) is 0 Å². The number of oxazole rings is 1. The molecule has 1 aliphatic rings. The van der Waals surface area contributed by atoms with E-state index in [-0.39, 0.29) is 6.04 Å². The molecule has 3 rings (SSSR count). The van der Waals surface area contributed by atoms with Gasteiger partial charge in [0.1, 0.15) is 19.0 Å². The second-order valence-electron chi connectivity index (χ2n) is 5.82. The SMILES string of the molecule is CC(C)c1ocnc1CN[C@H](C)c1ccc2c(c1)OCCO2. The van der Waals surface area contributed by atoms with Crippen molar-refractivity contribution in [2.24, 2.45) is 0 Å². The molecule has 0 fully saturated rings. The van der Waals surface area contributed by atoms with E-state index in [2.05, 4.69) is 37.1 Å². The first-order valence-corrected chi connectivity index (χ1v) is 7.70. The zero-order chi connectivity index (χ0) is 15.5. The first kappa shape index (κ1) is 14.9. The molecule has 1 aliphatic heterocycles. The number of ether oxygens (including phenoxy) is 2. The normalized spacial score (nSPS) is 15.1. The van der Waals surface area contributed by atoms with Gasteiger partial charge in [0, 0.05) is 18.5 Å². The maximum Gasteiger partial charge on any atom is 0.181 e. The lowest BCUT2D eigenvalue weighted by molar-refractivity contribution is 0.171. The third-order valence-corrected chi connectivity index (χ3v) is 3.84. The predicted molar refractivity (Wildman–Crippen MR) is 83.3 cm³/mol. The molecule has 0 unspecified atom stereocenters. The molecule has 22 heavy (non-hydrogen) atoms. The van der Waals surface area contributed by atoms with Crippen molar-refractivity contribution in [1.29, 1.82) is 0 Å². The van der Waals surface area contributed by atoms with Gasteiger partial charge in [-0.3, -0.25) is 0 Å². The summed E-state index contributed by atoms with van der Waals surface area (Å²) < 4.78 is 16.6. The van der Waals surface area contributed by atoms with Gasteiger partial charge in [0.2, 0.25) is 0 Å². The highest BCUT2D eigenvalue weighted by Gasteiger charge is 2.16. The fraction of sp³-hybridized carbons (Fsp3) is 0.471. The van der Waals surface area contributed by atoms with Gasteiger partial charge in [-0.25, -0.2) is 4.98 Å². The molecule has 0 amide bonds. The van der Waals surface area contributed by atoms with Crippen molar-refractivity contribution in [2.45, 2.75) is 39.3 Å². The van der Waals surface area contributed by atoms with E-state index in [1.54, 1.807) is 0 Å². The Hall–Kier alpha value is -2.01. The molecule has 1 N–H and O–H groups in total. The Bertz CT molecular complexity index is 637. The van der Waals surface area contributed by atoms with Crippen LogP contribution in [-0.2, 0) is 6.54 Å². The minimum Gasteiger partial charge on any atom is -0.486 e. The van der Waals surface area contributed by atoms with Crippen LogP contribution in [0.1, 0.15) is 49.7 Å². The molecule has 5 nitrogen and oxygen atoms in total. The van der Waals surface area contributed by atoms with E-state index in [0.29, 0.717) is 25.7 Å². The summed E-state index contributed by atoms with van der Waals surface area (Å²) in [6.45, 7) is 8.24. The summed E-state index contributed by atoms with van der Waals surface area (Å²) in [4.78, 5) is 4.30. The van der Waals surface area contributed by atoms with Crippen LogP contribution in [-0.4, -0.2) is 18.2 Å². The highest BCUT2D eigenvalue weighted by Crippen LogP contribution is 2.32. The quantitative estimate of drug-likeness (QED) is 0.917. The molecule has 1 aromatic carbocycles. The van der Waals surface area contributed by atoms with Crippen LogP contribution in [0.4, 0.5) is 0 Å². The number of rotatable bonds is 5. The van der Waals surface area contributed by atoms with Crippen molar-refractivity contribution >= 4 is 0 Å². The van der Waals surface area contributed by atoms with E-state index in [9.17, 15) is 0 Å². The second kappa shape index (κ2) is 6.40. The fourth-order valence-electron chi connectivity index (χ4n) is 2.58. The number of nitrogens with one attached hydrogen (secondary N) is 1. The smallest absolute Gasteiger partial charge is 0.181 e. The Morgan fingerprint density at radius 3 is 2.68 bits per heavy atom. The number of benzene rings is 1. The highest BCUT2D eigenvalue weighted by atomic mass is 16.6. The average molecular weight is 302 g/mol. The molecule has 2 aromatic rings. The van der Waals surface area contributed by atoms with Gasteiger partial charge in [0.15, 0.2) is 17.9 Å². The van der Waals surface area contributed by atoms with Crippen molar-refractivity contribution in [3.8, 4) is 11.5 Å². The summed E-state index contributed by atoms with van der Waals surface area (Å²) in [6, 6.07) is 6.26. The molecular weight excluding hydrogens is 280 g/mol. The van der Waals surface area contributed by atoms with Crippen molar-refractivity contribution in [1.82, 2.24) is 10.3 Å². The molecule has 5 heteroatoms. The van der Waals surface area contributed by atoms with E-state index < -0.39 is 0 Å². The Morgan fingerprint density at radius 2 is 1.91 bits per heavy atom. The molecule has 0 bridgehead atoms. The lowest BCUT2D eigenvalue weighted by Crippen LogP contribution is -2.20. The zero-order valence-corrected chi connectivity index (χ0v) is 13.3. The second-order valence-corrected chi connectivity index (χ2v) is 5.82. The number of hydrogen-bond acceptors (Lipinski definition) is 5. The summed E-state index contributed by atoms with van der Waals surface area (Å²) in [7, 11) is 0. The van der Waals surface area contributed by atoms with Gasteiger partial charge < -0.3 is 19.2 Å². The summed E-state index contributed by atoms with van der Waals surface area (Å²) in [5, 5.41) is 3.48. The van der Waals surface area contributed by atoms with E-state index >= 15 is 0 Å². The lowest BCUT2D eigenvalue weighted by atomic mass is 10.1. The maximum absolute atomic E-state index is 5.64. The van der Waals surface area contributed by atoms with Gasteiger partial charge in [-0.2, -0.15) is 0 Å². The van der Waals surface area contributed by atoms with Crippen molar-refractivity contribution in [3.63, 3.8) is 0 Å². The third-order valence-electron chi connectivity index (χ3n) is 3.84. The minimum atomic E-state index is 0.188. The van der Waals surface area contributed by atoms with E-state index in [1.165, 1.54) is 12.0 Å². The fourth-order valence-corrected chi connectivity index (χ4v) is 2.58. The number of fused-ring (bicyclic) bond motifs is 1. The molecule has 1 aromatic heterocycles. The molecule has 0 saturated carbocycles. The summed E-state index contributed by atoms with van der Waals surface area (Å²) in [6.07, 6.45) is 1.51. The number of aromatic nitrogens is 1. The van der Waals surface area contributed by atoms with Gasteiger partial charge in [0.25, 0.3) is 0 Å². The van der Waals surface area contributed by atoms with Crippen molar-refractivity contribution in [2.75, 3.05) is 13.2 Å². The highest BCUT2D eigenvalue weighted by molar-refractivity contribution is 5.44. The Labute approximate surface area is 130 Å². The summed E-state index contributed by atoms with van der Waals surface area (Å²) in [5.74, 6) is 2.92. The van der Waals surface area contributed by atoms with Crippen LogP contribution < -0.4 is 14.8 Å². The molecule has 0 radical (unpaired) electrons. The Morgan fingerprint density at radius 1 is 1.14 bits per heavy atom. The van der Waals surface area contributed by atoms with E-state index in [1.807, 2.05) is 12.1 Å². The summed E-state index contributed by atoms with van der Waals surface area (Å²) in [5.41, 5.74) is 2.14. The molecule has 1 atom stereocenters. The van der Waals surface area contributed by atoms with E-state index in [0.717, 1.165) is 23.0 Å². The van der Waals surface area contributed by atoms with Crippen molar-refractivity contribution in [3.05, 3.63) is 41.6 Å². The minimum absolute atomic E-state index is 0.188. The van der Waals surface area contributed by atoms with Crippen LogP contribution >= 0.6 is 0 Å². The zero-order valence-electron chi connectivity index (χ0n) is 13.3. The van der Waals surface area contributed by atoms with Crippen LogP contribution in [0.15, 0.2) is 29.0 Å². The largest absolute Gasteiger partial charge is 0.486 e. The molecule has 2 heterocycles. The predicted octanol–water partition coefficient (Wildman–Crippen LogP) is 3.42. The lowest BCUT2D eigenvalue weighted by Gasteiger charge is -2.21. The van der Waals surface area contributed by atoms with Crippen LogP contribution in [0, 0.1) is 0 Å². The maximum atomic E-state index is 5.64. The Balaban J connectivity index is 1.67. The van der Waals surface area contributed by atoms with Gasteiger partial charge in [-0.05, 0) is 24.6 Å². The third kappa shape index (κ3) is 3.09. The first-order chi connectivity index (χ1) is 10.6. The standard InChI is InChI=1S/C17H22N2O3/c1-11(2)17-14(19-10-22-17)9-18-12(3)13-4-5-15-16(8-13)21-7-6-20-15/h4-5,8,10-12,18H,6-7,9H2,1-3H3/t12-/m1/s1. The van der Waals surface area contributed by atoms with Gasteiger partial charge >= 0.3 is 0 Å². The first-order valence-electron chi connectivity index (χ1n) is 7.70. The Kier molecular flexibility index (Phi) is 4.34. The number of nitrogens with zero attached hydrogens (tertiary/aromatic N) is 1. The van der Waals surface area contributed by atoms with Crippen molar-refractivity contribution < 1.29 is 13.9 Å². The van der Waals surface area contributed by atoms with Crippen LogP contribution in [0.5, 0.6) is 11.5 Å². The number of hydrogen-bond donors (Lipinski definition) is 1. The molecule has 0 aliphatic carbocycles. The van der Waals surface area contributed by atoms with E-state index in [4.69, 9.17) is 13.9 Å². The summed E-state index contributed by atoms with van der Waals surface area (Å²) >= 11 is 0. The van der Waals surface area contributed by atoms with Gasteiger partial charge in [-0.15, -0.1) is 0 Å². The molecule has 118 valence electrons.